The van der Waals surface area contributed by atoms with Crippen molar-refractivity contribution in [1.82, 2.24) is 15.1 Å². The summed E-state index contributed by atoms with van der Waals surface area (Å²) in [5.41, 5.74) is 3.75. The van der Waals surface area contributed by atoms with Gasteiger partial charge in [-0.15, -0.1) is 0 Å². The number of carbonyl (C=O) groups excluding carboxylic acids is 2. The van der Waals surface area contributed by atoms with Crippen molar-refractivity contribution in [2.45, 2.75) is 70.9 Å². The summed E-state index contributed by atoms with van der Waals surface area (Å²) in [5.74, 6) is 2.71. The Kier molecular flexibility index (Phi) is 5.70. The third kappa shape index (κ3) is 3.95. The van der Waals surface area contributed by atoms with E-state index >= 15 is 0 Å². The van der Waals surface area contributed by atoms with Crippen LogP contribution < -0.4 is 5.32 Å². The number of hydrogen-bond acceptors (Lipinski definition) is 4. The average molecular weight is 462 g/mol. The first-order chi connectivity index (χ1) is 16.6. The van der Waals surface area contributed by atoms with Crippen LogP contribution in [0.3, 0.4) is 0 Å². The molecule has 1 heterocycles. The predicted octanol–water partition coefficient (Wildman–Crippen LogP) is 4.15. The summed E-state index contributed by atoms with van der Waals surface area (Å²) in [4.78, 5) is 26.1. The summed E-state index contributed by atoms with van der Waals surface area (Å²) < 4.78 is 7.28. The van der Waals surface area contributed by atoms with Gasteiger partial charge in [-0.05, 0) is 81.1 Å². The molecule has 4 fully saturated rings. The van der Waals surface area contributed by atoms with Crippen LogP contribution in [0.15, 0.2) is 30.3 Å². The first kappa shape index (κ1) is 21.9. The molecule has 0 aliphatic heterocycles. The van der Waals surface area contributed by atoms with Crippen LogP contribution in [0, 0.1) is 29.6 Å². The number of amides is 1. The first-order valence-corrected chi connectivity index (χ1v) is 13.2. The molecule has 1 aromatic heterocycles. The van der Waals surface area contributed by atoms with Crippen LogP contribution in [0.2, 0.25) is 0 Å². The molecule has 5 aliphatic carbocycles. The molecule has 1 unspecified atom stereocenters. The van der Waals surface area contributed by atoms with E-state index in [1.807, 2.05) is 29.8 Å². The first-order valence-electron chi connectivity index (χ1n) is 13.2. The van der Waals surface area contributed by atoms with Crippen LogP contribution in [-0.2, 0) is 28.9 Å². The molecular weight excluding hydrogens is 426 g/mol. The largest absolute Gasteiger partial charge is 0.466 e. The second-order valence-corrected chi connectivity index (χ2v) is 11.0. The molecule has 4 saturated carbocycles. The van der Waals surface area contributed by atoms with Gasteiger partial charge in [-0.2, -0.15) is 5.10 Å². The van der Waals surface area contributed by atoms with Crippen LogP contribution in [0.25, 0.3) is 0 Å². The van der Waals surface area contributed by atoms with Gasteiger partial charge in [0, 0.05) is 23.7 Å². The number of ether oxygens (including phenoxy) is 1. The van der Waals surface area contributed by atoms with E-state index in [-0.39, 0.29) is 17.8 Å². The Morgan fingerprint density at radius 2 is 1.76 bits per heavy atom. The van der Waals surface area contributed by atoms with Crippen LogP contribution >= 0.6 is 0 Å². The third-order valence-electron chi connectivity index (χ3n) is 8.88. The van der Waals surface area contributed by atoms with E-state index in [4.69, 9.17) is 9.84 Å². The third-order valence-corrected chi connectivity index (χ3v) is 8.88. The van der Waals surface area contributed by atoms with E-state index in [1.54, 1.807) is 0 Å². The number of nitrogens with one attached hydrogen (secondary N) is 1. The Morgan fingerprint density at radius 3 is 2.44 bits per heavy atom. The highest BCUT2D eigenvalue weighted by Crippen LogP contribution is 2.53. The molecule has 2 aromatic rings. The maximum atomic E-state index is 13.6. The SMILES string of the molecule is CCOC(=O)C1CCc2c(C(=O)NC3C4CC5CC(C4)CC3C5)nn(Cc3ccccc3)c2C1. The molecule has 1 N–H and O–H groups in total. The fraction of sp³-hybridized carbons (Fsp3) is 0.607. The lowest BCUT2D eigenvalue weighted by Gasteiger charge is -2.54. The number of rotatable bonds is 6. The average Bonchev–Trinajstić information content (AvgIpc) is 3.19. The molecule has 4 bridgehead atoms. The lowest BCUT2D eigenvalue weighted by molar-refractivity contribution is -0.148. The highest BCUT2D eigenvalue weighted by atomic mass is 16.5. The number of hydrogen-bond donors (Lipinski definition) is 1. The smallest absolute Gasteiger partial charge is 0.309 e. The molecule has 180 valence electrons. The molecule has 0 saturated heterocycles. The van der Waals surface area contributed by atoms with Crippen molar-refractivity contribution in [3.05, 3.63) is 52.8 Å². The van der Waals surface area contributed by atoms with Gasteiger partial charge in [-0.1, -0.05) is 30.3 Å². The van der Waals surface area contributed by atoms with E-state index in [9.17, 15) is 9.59 Å². The van der Waals surface area contributed by atoms with E-state index in [0.29, 0.717) is 56.0 Å². The van der Waals surface area contributed by atoms with Crippen molar-refractivity contribution >= 4 is 11.9 Å². The van der Waals surface area contributed by atoms with Gasteiger partial charge in [0.05, 0.1) is 19.1 Å². The van der Waals surface area contributed by atoms with Crippen LogP contribution in [0.5, 0.6) is 0 Å². The summed E-state index contributed by atoms with van der Waals surface area (Å²) in [5, 5.41) is 8.32. The lowest BCUT2D eigenvalue weighted by atomic mass is 9.54. The minimum Gasteiger partial charge on any atom is -0.466 e. The highest BCUT2D eigenvalue weighted by molar-refractivity contribution is 5.94. The minimum absolute atomic E-state index is 0.0184. The fourth-order valence-corrected chi connectivity index (χ4v) is 7.59. The Labute approximate surface area is 201 Å². The van der Waals surface area contributed by atoms with Crippen molar-refractivity contribution in [2.75, 3.05) is 6.61 Å². The minimum atomic E-state index is -0.168. The summed E-state index contributed by atoms with van der Waals surface area (Å²) >= 11 is 0. The fourth-order valence-electron chi connectivity index (χ4n) is 7.59. The Bertz CT molecular complexity index is 1050. The molecular formula is C28H35N3O3. The van der Waals surface area contributed by atoms with Gasteiger partial charge in [-0.25, -0.2) is 0 Å². The van der Waals surface area contributed by atoms with Crippen molar-refractivity contribution in [3.8, 4) is 0 Å². The molecule has 1 amide bonds. The number of aromatic nitrogens is 2. The lowest BCUT2D eigenvalue weighted by Crippen LogP contribution is -2.56. The number of benzene rings is 1. The van der Waals surface area contributed by atoms with Crippen molar-refractivity contribution in [3.63, 3.8) is 0 Å². The predicted molar refractivity (Wildman–Crippen MR) is 128 cm³/mol. The van der Waals surface area contributed by atoms with Crippen LogP contribution in [0.4, 0.5) is 0 Å². The van der Waals surface area contributed by atoms with Gasteiger partial charge in [0.2, 0.25) is 0 Å². The Balaban J connectivity index is 1.27. The maximum Gasteiger partial charge on any atom is 0.309 e. The van der Waals surface area contributed by atoms with E-state index in [2.05, 4.69) is 17.4 Å². The summed E-state index contributed by atoms with van der Waals surface area (Å²) in [6.45, 7) is 2.84. The van der Waals surface area contributed by atoms with Gasteiger partial charge in [0.15, 0.2) is 5.69 Å². The normalized spacial score (nSPS) is 31.2. The van der Waals surface area contributed by atoms with Crippen LogP contribution in [0.1, 0.15) is 72.8 Å². The number of carbonyl (C=O) groups is 2. The van der Waals surface area contributed by atoms with E-state index in [0.717, 1.165) is 28.7 Å². The van der Waals surface area contributed by atoms with Crippen molar-refractivity contribution in [1.29, 1.82) is 0 Å². The van der Waals surface area contributed by atoms with Crippen LogP contribution in [-0.4, -0.2) is 34.3 Å². The van der Waals surface area contributed by atoms with Crippen molar-refractivity contribution in [2.24, 2.45) is 29.6 Å². The highest BCUT2D eigenvalue weighted by Gasteiger charge is 2.49. The van der Waals surface area contributed by atoms with Gasteiger partial charge in [-0.3, -0.25) is 14.3 Å². The number of fused-ring (bicyclic) bond motifs is 1. The van der Waals surface area contributed by atoms with E-state index in [1.165, 1.54) is 32.1 Å². The Morgan fingerprint density at radius 1 is 1.06 bits per heavy atom. The second kappa shape index (κ2) is 8.86. The van der Waals surface area contributed by atoms with Gasteiger partial charge in [0.1, 0.15) is 0 Å². The zero-order chi connectivity index (χ0) is 23.2. The molecule has 7 rings (SSSR count). The molecule has 0 spiro atoms. The standard InChI is InChI=1S/C28H35N3O3/c1-2-34-28(33)20-8-9-23-24(15-20)31(16-17-6-4-3-5-7-17)30-26(23)27(32)29-25-21-11-18-10-19(13-21)14-22(25)12-18/h3-7,18-22,25H,2,8-16H2,1H3,(H,29,32). The van der Waals surface area contributed by atoms with Gasteiger partial charge >= 0.3 is 5.97 Å². The summed E-state index contributed by atoms with van der Waals surface area (Å²) in [6, 6.07) is 10.5. The molecule has 0 radical (unpaired) electrons. The Hall–Kier alpha value is -2.63. The zero-order valence-electron chi connectivity index (χ0n) is 20.0. The molecule has 6 nitrogen and oxygen atoms in total. The molecule has 5 aliphatic rings. The monoisotopic (exact) mass is 461 g/mol. The maximum absolute atomic E-state index is 13.6. The van der Waals surface area contributed by atoms with Gasteiger partial charge < -0.3 is 10.1 Å². The summed E-state index contributed by atoms with van der Waals surface area (Å²) in [6.07, 6.45) is 8.50. The molecule has 6 heteroatoms. The topological polar surface area (TPSA) is 73.2 Å². The number of nitrogens with zero attached hydrogens (tertiary/aromatic N) is 2. The number of esters is 1. The molecule has 34 heavy (non-hydrogen) atoms. The van der Waals surface area contributed by atoms with E-state index < -0.39 is 0 Å². The summed E-state index contributed by atoms with van der Waals surface area (Å²) in [7, 11) is 0. The van der Waals surface area contributed by atoms with Gasteiger partial charge in [0.25, 0.3) is 5.91 Å². The second-order valence-electron chi connectivity index (χ2n) is 11.0. The quantitative estimate of drug-likeness (QED) is 0.656. The zero-order valence-corrected chi connectivity index (χ0v) is 20.0. The molecule has 1 atom stereocenters. The van der Waals surface area contributed by atoms with Crippen molar-refractivity contribution < 1.29 is 14.3 Å². The molecule has 1 aromatic carbocycles.